The van der Waals surface area contributed by atoms with Crippen LogP contribution in [0.1, 0.15) is 0 Å². The van der Waals surface area contributed by atoms with E-state index in [2.05, 4.69) is 12.3 Å². The summed E-state index contributed by atoms with van der Waals surface area (Å²) in [6.07, 6.45) is 2.05. The molecule has 0 saturated carbocycles. The molecule has 0 amide bonds. The van der Waals surface area contributed by atoms with E-state index in [1.54, 1.807) is 18.9 Å². The van der Waals surface area contributed by atoms with Crippen LogP contribution in [0.3, 0.4) is 0 Å². The Bertz CT molecular complexity index is 204. The van der Waals surface area contributed by atoms with Crippen LogP contribution in [0.15, 0.2) is 29.2 Å². The number of hydrogen-bond acceptors (Lipinski definition) is 2. The minimum atomic E-state index is 0. The van der Waals surface area contributed by atoms with Gasteiger partial charge in [0.15, 0.2) is 0 Å². The first-order valence-corrected chi connectivity index (χ1v) is 4.27. The number of hydrogen-bond donors (Lipinski definition) is 0. The third kappa shape index (κ3) is 7.08. The average Bonchev–Trinajstić information content (AvgIpc) is 2.05. The number of methoxy groups -OCH3 is 1. The zero-order valence-corrected chi connectivity index (χ0v) is 13.0. The Morgan fingerprint density at radius 2 is 1.85 bits per heavy atom. The third-order valence-corrected chi connectivity index (χ3v) is 2.00. The van der Waals surface area contributed by atoms with E-state index in [0.717, 1.165) is 5.75 Å². The molecular weight excluding hydrogens is 328 g/mol. The standard InChI is InChI=1S/C8H10OS.2BrH.Mg/c1-9-7-4-3-5-8(6-7)10-2;;;/h3-6H,1-2H3;2*1H;/q;;;+2/p-2. The largest absolute Gasteiger partial charge is 2.00 e. The van der Waals surface area contributed by atoms with Crippen molar-refractivity contribution in [2.24, 2.45) is 0 Å². The average molecular weight is 338 g/mol. The van der Waals surface area contributed by atoms with Crippen molar-refractivity contribution in [1.82, 2.24) is 0 Å². The normalized spacial score (nSPS) is 7.23. The van der Waals surface area contributed by atoms with Gasteiger partial charge in [0.2, 0.25) is 0 Å². The number of benzene rings is 1. The van der Waals surface area contributed by atoms with Crippen LogP contribution in [-0.2, 0) is 0 Å². The molecule has 0 heterocycles. The van der Waals surface area contributed by atoms with Gasteiger partial charge in [0.1, 0.15) is 5.75 Å². The van der Waals surface area contributed by atoms with Gasteiger partial charge in [0.25, 0.3) is 0 Å². The van der Waals surface area contributed by atoms with E-state index in [4.69, 9.17) is 4.74 Å². The predicted molar refractivity (Wildman–Crippen MR) is 50.5 cm³/mol. The Morgan fingerprint density at radius 1 is 1.23 bits per heavy atom. The molecule has 0 aliphatic carbocycles. The monoisotopic (exact) mass is 336 g/mol. The summed E-state index contributed by atoms with van der Waals surface area (Å²) in [5, 5.41) is 0. The van der Waals surface area contributed by atoms with Crippen LogP contribution in [0.2, 0.25) is 0 Å². The molecule has 0 aliphatic rings. The molecule has 70 valence electrons. The Morgan fingerprint density at radius 3 is 2.31 bits per heavy atom. The molecule has 1 aromatic carbocycles. The van der Waals surface area contributed by atoms with Crippen LogP contribution in [-0.4, -0.2) is 36.4 Å². The van der Waals surface area contributed by atoms with Crippen LogP contribution in [0, 0.1) is 0 Å². The number of thioether (sulfide) groups is 1. The maximum absolute atomic E-state index is 5.04. The second-order valence-corrected chi connectivity index (χ2v) is 2.76. The SMILES string of the molecule is COc1cccc(SC)c1.[Br-].[Br-].[Mg+2]. The van der Waals surface area contributed by atoms with E-state index in [-0.39, 0.29) is 57.0 Å². The Hall–Kier alpha value is 1.10. The second kappa shape index (κ2) is 11.2. The first-order chi connectivity index (χ1) is 4.86. The summed E-state index contributed by atoms with van der Waals surface area (Å²) in [7, 11) is 1.68. The summed E-state index contributed by atoms with van der Waals surface area (Å²) in [6.45, 7) is 0. The molecule has 0 N–H and O–H groups in total. The van der Waals surface area contributed by atoms with Crippen molar-refractivity contribution in [3.63, 3.8) is 0 Å². The topological polar surface area (TPSA) is 9.23 Å². The minimum Gasteiger partial charge on any atom is -1.00 e. The fraction of sp³-hybridized carbons (Fsp3) is 0.250. The molecule has 0 atom stereocenters. The molecule has 0 unspecified atom stereocenters. The summed E-state index contributed by atoms with van der Waals surface area (Å²) in [5.74, 6) is 0.923. The molecule has 1 aromatic rings. The molecular formula is C8H10Br2MgOS. The first kappa shape index (κ1) is 19.6. The maximum Gasteiger partial charge on any atom is 2.00 e. The van der Waals surface area contributed by atoms with Crippen LogP contribution in [0.5, 0.6) is 5.75 Å². The zero-order chi connectivity index (χ0) is 7.40. The molecule has 0 bridgehead atoms. The molecule has 0 saturated heterocycles. The fourth-order valence-electron chi connectivity index (χ4n) is 0.728. The quantitative estimate of drug-likeness (QED) is 0.402. The molecule has 13 heavy (non-hydrogen) atoms. The van der Waals surface area contributed by atoms with Gasteiger partial charge in [0.05, 0.1) is 7.11 Å². The van der Waals surface area contributed by atoms with Gasteiger partial charge in [-0.15, -0.1) is 11.8 Å². The molecule has 5 heteroatoms. The van der Waals surface area contributed by atoms with Gasteiger partial charge in [-0.1, -0.05) is 6.07 Å². The minimum absolute atomic E-state index is 0. The van der Waals surface area contributed by atoms with Crippen molar-refractivity contribution >= 4 is 34.8 Å². The second-order valence-electron chi connectivity index (χ2n) is 1.88. The predicted octanol–water partition coefficient (Wildman–Crippen LogP) is -3.96. The smallest absolute Gasteiger partial charge is 1.00 e. The summed E-state index contributed by atoms with van der Waals surface area (Å²) in [4.78, 5) is 1.24. The van der Waals surface area contributed by atoms with Gasteiger partial charge in [-0.2, -0.15) is 0 Å². The van der Waals surface area contributed by atoms with Crippen molar-refractivity contribution in [1.29, 1.82) is 0 Å². The fourth-order valence-corrected chi connectivity index (χ4v) is 1.18. The summed E-state index contributed by atoms with van der Waals surface area (Å²) < 4.78 is 5.04. The van der Waals surface area contributed by atoms with Gasteiger partial charge in [0, 0.05) is 4.90 Å². The van der Waals surface area contributed by atoms with Crippen molar-refractivity contribution in [2.45, 2.75) is 4.90 Å². The van der Waals surface area contributed by atoms with Crippen molar-refractivity contribution in [3.05, 3.63) is 24.3 Å². The number of rotatable bonds is 2. The molecule has 0 aliphatic heterocycles. The van der Waals surface area contributed by atoms with Gasteiger partial charge in [-0.25, -0.2) is 0 Å². The van der Waals surface area contributed by atoms with E-state index >= 15 is 0 Å². The third-order valence-electron chi connectivity index (χ3n) is 1.28. The zero-order valence-electron chi connectivity index (χ0n) is 7.59. The van der Waals surface area contributed by atoms with Crippen LogP contribution in [0.4, 0.5) is 0 Å². The van der Waals surface area contributed by atoms with Gasteiger partial charge < -0.3 is 38.7 Å². The van der Waals surface area contributed by atoms with Crippen LogP contribution in [0.25, 0.3) is 0 Å². The Kier molecular flexibility index (Phi) is 16.9. The van der Waals surface area contributed by atoms with E-state index in [9.17, 15) is 0 Å². The molecule has 0 spiro atoms. The molecule has 0 fully saturated rings. The van der Waals surface area contributed by atoms with Gasteiger partial charge in [-0.3, -0.25) is 0 Å². The van der Waals surface area contributed by atoms with E-state index in [1.807, 2.05) is 18.2 Å². The molecule has 0 aromatic heterocycles. The van der Waals surface area contributed by atoms with E-state index in [1.165, 1.54) is 4.90 Å². The van der Waals surface area contributed by atoms with Crippen LogP contribution < -0.4 is 38.7 Å². The van der Waals surface area contributed by atoms with Crippen molar-refractivity contribution < 1.29 is 38.7 Å². The molecule has 0 radical (unpaired) electrons. The number of ether oxygens (including phenoxy) is 1. The van der Waals surface area contributed by atoms with E-state index in [0.29, 0.717) is 0 Å². The maximum atomic E-state index is 5.04. The van der Waals surface area contributed by atoms with Crippen molar-refractivity contribution in [3.8, 4) is 5.75 Å². The van der Waals surface area contributed by atoms with Crippen molar-refractivity contribution in [2.75, 3.05) is 13.4 Å². The summed E-state index contributed by atoms with van der Waals surface area (Å²) in [5.41, 5.74) is 0. The molecule has 1 rings (SSSR count). The first-order valence-electron chi connectivity index (χ1n) is 3.05. The van der Waals surface area contributed by atoms with Gasteiger partial charge >= 0.3 is 23.1 Å². The summed E-state index contributed by atoms with van der Waals surface area (Å²) >= 11 is 1.72. The summed E-state index contributed by atoms with van der Waals surface area (Å²) in [6, 6.07) is 8.02. The Balaban J connectivity index is -0.000000333. The number of halogens is 2. The van der Waals surface area contributed by atoms with E-state index < -0.39 is 0 Å². The van der Waals surface area contributed by atoms with Gasteiger partial charge in [-0.05, 0) is 24.5 Å². The Labute approximate surface area is 121 Å². The molecule has 1 nitrogen and oxygen atoms in total. The van der Waals surface area contributed by atoms with Crippen LogP contribution >= 0.6 is 11.8 Å².